The summed E-state index contributed by atoms with van der Waals surface area (Å²) in [6.07, 6.45) is 0. The molecule has 3 aromatic rings. The van der Waals surface area contributed by atoms with Crippen LogP contribution in [0.1, 0.15) is 11.4 Å². The summed E-state index contributed by atoms with van der Waals surface area (Å²) in [6, 6.07) is 11.1. The Balaban J connectivity index is 2.11. The van der Waals surface area contributed by atoms with Gasteiger partial charge in [0.05, 0.1) is 11.6 Å². The maximum atomic E-state index is 8.83. The topological polar surface area (TPSA) is 90.7 Å². The van der Waals surface area contributed by atoms with Gasteiger partial charge in [0.15, 0.2) is 0 Å². The molecule has 0 aliphatic rings. The summed E-state index contributed by atoms with van der Waals surface area (Å²) < 4.78 is 1.41. The van der Waals surface area contributed by atoms with E-state index >= 15 is 0 Å². The highest BCUT2D eigenvalue weighted by Crippen LogP contribution is 2.25. The predicted octanol–water partition coefficient (Wildman–Crippen LogP) is 1.60. The summed E-state index contributed by atoms with van der Waals surface area (Å²) in [5, 5.41) is 30.1. The number of hydrogen-bond donors (Lipinski definition) is 0. The molecular formula is C11H4N6S. The highest BCUT2D eigenvalue weighted by molar-refractivity contribution is 7.19. The van der Waals surface area contributed by atoms with Gasteiger partial charge < -0.3 is 0 Å². The van der Waals surface area contributed by atoms with Gasteiger partial charge in [-0.2, -0.15) is 20.1 Å². The van der Waals surface area contributed by atoms with Crippen LogP contribution in [0.15, 0.2) is 24.3 Å². The van der Waals surface area contributed by atoms with Gasteiger partial charge in [-0.1, -0.05) is 23.5 Å². The fourth-order valence-corrected chi connectivity index (χ4v) is 2.34. The first-order valence-corrected chi connectivity index (χ1v) is 5.76. The first kappa shape index (κ1) is 10.4. The van der Waals surface area contributed by atoms with Gasteiger partial charge in [0.25, 0.3) is 5.82 Å². The summed E-state index contributed by atoms with van der Waals surface area (Å²) >= 11 is 1.34. The molecule has 0 saturated heterocycles. The summed E-state index contributed by atoms with van der Waals surface area (Å²) in [7, 11) is 0. The number of rotatable bonds is 1. The second kappa shape index (κ2) is 3.91. The molecule has 84 valence electrons. The van der Waals surface area contributed by atoms with Crippen molar-refractivity contribution in [2.75, 3.05) is 0 Å². The number of hydrogen-bond acceptors (Lipinski definition) is 6. The molecule has 3 rings (SSSR count). The van der Waals surface area contributed by atoms with Crippen LogP contribution in [-0.4, -0.2) is 19.8 Å². The van der Waals surface area contributed by atoms with Crippen molar-refractivity contribution in [2.45, 2.75) is 0 Å². The molecule has 18 heavy (non-hydrogen) atoms. The third-order valence-corrected chi connectivity index (χ3v) is 3.30. The molecule has 1 aromatic carbocycles. The minimum atomic E-state index is 0.168. The van der Waals surface area contributed by atoms with Crippen LogP contribution >= 0.6 is 11.3 Å². The van der Waals surface area contributed by atoms with E-state index in [1.165, 1.54) is 15.9 Å². The summed E-state index contributed by atoms with van der Waals surface area (Å²) in [5.74, 6) is 0.168. The van der Waals surface area contributed by atoms with Gasteiger partial charge in [0.1, 0.15) is 11.1 Å². The van der Waals surface area contributed by atoms with E-state index in [4.69, 9.17) is 10.5 Å². The number of nitrogens with zero attached hydrogens (tertiary/aromatic N) is 6. The van der Waals surface area contributed by atoms with Crippen LogP contribution in [0.3, 0.4) is 0 Å². The standard InChI is InChI=1S/C11H4N6S/c12-5-7-1-3-8(4-2-7)10-16-17-9(6-13)14-15-11(17)18-10/h1-4H. The van der Waals surface area contributed by atoms with Crippen LogP contribution in [0.4, 0.5) is 0 Å². The Hall–Kier alpha value is -2.77. The third kappa shape index (κ3) is 1.51. The molecule has 0 atom stereocenters. The number of nitriles is 2. The van der Waals surface area contributed by atoms with Crippen molar-refractivity contribution in [3.8, 4) is 22.7 Å². The molecule has 7 heteroatoms. The molecule has 0 fully saturated rings. The Morgan fingerprint density at radius 1 is 1.06 bits per heavy atom. The van der Waals surface area contributed by atoms with E-state index in [1.807, 2.05) is 18.2 Å². The molecule has 2 aromatic heterocycles. The van der Waals surface area contributed by atoms with E-state index in [-0.39, 0.29) is 5.82 Å². The van der Waals surface area contributed by atoms with Crippen LogP contribution < -0.4 is 0 Å². The fraction of sp³-hybridized carbons (Fsp3) is 0. The monoisotopic (exact) mass is 252 g/mol. The van der Waals surface area contributed by atoms with Crippen LogP contribution in [0.5, 0.6) is 0 Å². The molecule has 0 unspecified atom stereocenters. The normalized spacial score (nSPS) is 10.1. The van der Waals surface area contributed by atoms with Crippen molar-refractivity contribution < 1.29 is 0 Å². The molecule has 0 bridgehead atoms. The maximum Gasteiger partial charge on any atom is 0.256 e. The van der Waals surface area contributed by atoms with Crippen molar-refractivity contribution in [3.05, 3.63) is 35.7 Å². The molecule has 0 N–H and O–H groups in total. The van der Waals surface area contributed by atoms with Crippen molar-refractivity contribution in [2.24, 2.45) is 0 Å². The Morgan fingerprint density at radius 2 is 1.83 bits per heavy atom. The van der Waals surface area contributed by atoms with Crippen LogP contribution in [0.25, 0.3) is 15.5 Å². The fourth-order valence-electron chi connectivity index (χ4n) is 1.49. The first-order valence-electron chi connectivity index (χ1n) is 4.94. The average Bonchev–Trinajstić information content (AvgIpc) is 2.98. The van der Waals surface area contributed by atoms with E-state index in [1.54, 1.807) is 12.1 Å². The van der Waals surface area contributed by atoms with Gasteiger partial charge in [-0.25, -0.2) is 0 Å². The highest BCUT2D eigenvalue weighted by Gasteiger charge is 2.12. The molecule has 0 aliphatic carbocycles. The molecule has 6 nitrogen and oxygen atoms in total. The second-order valence-corrected chi connectivity index (χ2v) is 4.38. The summed E-state index contributed by atoms with van der Waals surface area (Å²) in [4.78, 5) is 0.575. The maximum absolute atomic E-state index is 8.83. The second-order valence-electron chi connectivity index (χ2n) is 3.43. The summed E-state index contributed by atoms with van der Waals surface area (Å²) in [6.45, 7) is 0. The van der Waals surface area contributed by atoms with Crippen molar-refractivity contribution in [3.63, 3.8) is 0 Å². The quantitative estimate of drug-likeness (QED) is 0.656. The Labute approximate surface area is 105 Å². The molecule has 0 aliphatic heterocycles. The molecule has 0 saturated carbocycles. The van der Waals surface area contributed by atoms with Crippen molar-refractivity contribution in [1.82, 2.24) is 19.8 Å². The lowest BCUT2D eigenvalue weighted by atomic mass is 10.2. The minimum Gasteiger partial charge on any atom is -0.192 e. The molecule has 0 spiro atoms. The first-order chi connectivity index (χ1) is 8.81. The van der Waals surface area contributed by atoms with Gasteiger partial charge in [0.2, 0.25) is 4.96 Å². The Bertz CT molecular complexity index is 799. The van der Waals surface area contributed by atoms with Gasteiger partial charge >= 0.3 is 0 Å². The predicted molar refractivity (Wildman–Crippen MR) is 63.5 cm³/mol. The van der Waals surface area contributed by atoms with Gasteiger partial charge in [-0.05, 0) is 12.1 Å². The molecule has 0 amide bonds. The zero-order valence-electron chi connectivity index (χ0n) is 8.90. The van der Waals surface area contributed by atoms with Crippen LogP contribution in [0, 0.1) is 22.7 Å². The lowest BCUT2D eigenvalue weighted by Crippen LogP contribution is -1.89. The van der Waals surface area contributed by atoms with E-state index in [0.29, 0.717) is 10.5 Å². The lowest BCUT2D eigenvalue weighted by Gasteiger charge is -1.94. The van der Waals surface area contributed by atoms with Crippen molar-refractivity contribution in [1.29, 1.82) is 10.5 Å². The van der Waals surface area contributed by atoms with Crippen LogP contribution in [0.2, 0.25) is 0 Å². The lowest BCUT2D eigenvalue weighted by molar-refractivity contribution is 0.933. The van der Waals surface area contributed by atoms with Crippen molar-refractivity contribution >= 4 is 16.3 Å². The zero-order valence-corrected chi connectivity index (χ0v) is 9.72. The highest BCUT2D eigenvalue weighted by atomic mass is 32.1. The van der Waals surface area contributed by atoms with E-state index in [2.05, 4.69) is 21.4 Å². The van der Waals surface area contributed by atoms with E-state index in [0.717, 1.165) is 10.6 Å². The van der Waals surface area contributed by atoms with E-state index in [9.17, 15) is 0 Å². The Kier molecular flexibility index (Phi) is 2.26. The SMILES string of the molecule is N#Cc1ccc(-c2nn3c(C#N)nnc3s2)cc1. The third-order valence-electron chi connectivity index (χ3n) is 2.35. The molecular weight excluding hydrogens is 248 g/mol. The number of benzene rings is 1. The van der Waals surface area contributed by atoms with Crippen LogP contribution in [-0.2, 0) is 0 Å². The Morgan fingerprint density at radius 3 is 2.50 bits per heavy atom. The van der Waals surface area contributed by atoms with Gasteiger partial charge in [-0.15, -0.1) is 10.2 Å². The number of aromatic nitrogens is 4. The summed E-state index contributed by atoms with van der Waals surface area (Å²) in [5.41, 5.74) is 1.48. The minimum absolute atomic E-state index is 0.168. The molecule has 0 radical (unpaired) electrons. The van der Waals surface area contributed by atoms with Gasteiger partial charge in [-0.3, -0.25) is 0 Å². The van der Waals surface area contributed by atoms with Gasteiger partial charge in [0, 0.05) is 5.56 Å². The zero-order chi connectivity index (χ0) is 12.5. The average molecular weight is 252 g/mol. The molecule has 2 heterocycles. The smallest absolute Gasteiger partial charge is 0.192 e. The van der Waals surface area contributed by atoms with E-state index < -0.39 is 0 Å². The number of fused-ring (bicyclic) bond motifs is 1. The largest absolute Gasteiger partial charge is 0.256 e.